The molecule has 0 fully saturated rings. The van der Waals surface area contributed by atoms with Gasteiger partial charge in [0.1, 0.15) is 5.75 Å². The number of ether oxygens (including phenoxy) is 1. The van der Waals surface area contributed by atoms with E-state index in [1.54, 1.807) is 7.11 Å². The van der Waals surface area contributed by atoms with Gasteiger partial charge in [-0.05, 0) is 25.6 Å². The van der Waals surface area contributed by atoms with Gasteiger partial charge in [0.25, 0.3) is 0 Å². The van der Waals surface area contributed by atoms with Gasteiger partial charge in [0.05, 0.1) is 13.2 Å². The van der Waals surface area contributed by atoms with Crippen molar-refractivity contribution in [1.29, 1.82) is 0 Å². The molecule has 2 rings (SSSR count). The molecule has 0 aliphatic rings. The molecule has 0 bridgehead atoms. The van der Waals surface area contributed by atoms with E-state index in [9.17, 15) is 0 Å². The highest BCUT2D eigenvalue weighted by Gasteiger charge is 2.13. The predicted octanol–water partition coefficient (Wildman–Crippen LogP) is 3.01. The summed E-state index contributed by atoms with van der Waals surface area (Å²) in [5.41, 5.74) is 0.848. The first kappa shape index (κ1) is 15.6. The predicted molar refractivity (Wildman–Crippen MR) is 81.7 cm³/mol. The van der Waals surface area contributed by atoms with Crippen LogP contribution >= 0.6 is 11.6 Å². The number of aromatic nitrogens is 2. The number of methoxy groups -OCH3 is 1. The third kappa shape index (κ3) is 3.86. The molecular weight excluding hydrogens is 292 g/mol. The summed E-state index contributed by atoms with van der Waals surface area (Å²) >= 11 is 6.17. The van der Waals surface area contributed by atoms with E-state index in [0.717, 1.165) is 17.9 Å². The van der Waals surface area contributed by atoms with Crippen molar-refractivity contribution in [2.24, 2.45) is 0 Å². The fraction of sp³-hybridized carbons (Fsp3) is 0.429. The van der Waals surface area contributed by atoms with Crippen molar-refractivity contribution in [2.45, 2.75) is 26.4 Å². The van der Waals surface area contributed by atoms with Crippen molar-refractivity contribution in [3.05, 3.63) is 34.7 Å². The van der Waals surface area contributed by atoms with E-state index in [1.165, 1.54) is 0 Å². The summed E-state index contributed by atoms with van der Waals surface area (Å²) in [4.78, 5) is 0. The topological polar surface area (TPSA) is 72.2 Å². The average molecular weight is 311 g/mol. The Kier molecular flexibility index (Phi) is 5.41. The molecule has 2 aromatic rings. The Morgan fingerprint density at radius 2 is 2.19 bits per heavy atom. The summed E-state index contributed by atoms with van der Waals surface area (Å²) in [6, 6.07) is 5.89. The second-order valence-corrected chi connectivity index (χ2v) is 4.91. The minimum Gasteiger partial charge on any atom is -0.496 e. The summed E-state index contributed by atoms with van der Waals surface area (Å²) in [6.07, 6.45) is 0. The molecule has 0 radical (unpaired) electrons. The molecule has 0 saturated heterocycles. The van der Waals surface area contributed by atoms with Gasteiger partial charge in [0.2, 0.25) is 5.89 Å². The molecular formula is C14H19ClN4O2. The van der Waals surface area contributed by atoms with Gasteiger partial charge in [-0.25, -0.2) is 0 Å². The molecule has 6 nitrogen and oxygen atoms in total. The Morgan fingerprint density at radius 3 is 2.90 bits per heavy atom. The average Bonchev–Trinajstić information content (AvgIpc) is 2.95. The van der Waals surface area contributed by atoms with Crippen LogP contribution in [0, 0.1) is 0 Å². The summed E-state index contributed by atoms with van der Waals surface area (Å²) in [7, 11) is 1.61. The fourth-order valence-corrected chi connectivity index (χ4v) is 2.17. The molecule has 1 atom stereocenters. The molecule has 0 amide bonds. The van der Waals surface area contributed by atoms with Crippen molar-refractivity contribution in [3.8, 4) is 5.75 Å². The van der Waals surface area contributed by atoms with Crippen LogP contribution in [-0.4, -0.2) is 23.9 Å². The van der Waals surface area contributed by atoms with Crippen molar-refractivity contribution in [2.75, 3.05) is 19.0 Å². The van der Waals surface area contributed by atoms with Crippen LogP contribution in [0.15, 0.2) is 22.6 Å². The fourth-order valence-electron chi connectivity index (χ4n) is 1.94. The van der Waals surface area contributed by atoms with Crippen LogP contribution in [0.1, 0.15) is 31.3 Å². The molecule has 1 aromatic carbocycles. The molecule has 1 heterocycles. The van der Waals surface area contributed by atoms with Gasteiger partial charge in [-0.1, -0.05) is 29.7 Å². The van der Waals surface area contributed by atoms with Gasteiger partial charge in [0, 0.05) is 17.1 Å². The van der Waals surface area contributed by atoms with E-state index in [2.05, 4.69) is 20.8 Å². The molecule has 1 unspecified atom stereocenters. The number of halogens is 1. The van der Waals surface area contributed by atoms with Crippen molar-refractivity contribution in [1.82, 2.24) is 15.5 Å². The molecule has 1 aromatic heterocycles. The van der Waals surface area contributed by atoms with Crippen LogP contribution in [0.3, 0.4) is 0 Å². The van der Waals surface area contributed by atoms with Gasteiger partial charge in [-0.15, -0.1) is 5.10 Å². The smallest absolute Gasteiger partial charge is 0.315 e. The highest BCUT2D eigenvalue weighted by molar-refractivity contribution is 6.31. The number of nitrogens with one attached hydrogen (secondary N) is 2. The molecule has 7 heteroatoms. The lowest BCUT2D eigenvalue weighted by atomic mass is 10.2. The maximum absolute atomic E-state index is 6.17. The van der Waals surface area contributed by atoms with E-state index >= 15 is 0 Å². The molecule has 2 N–H and O–H groups in total. The zero-order chi connectivity index (χ0) is 15.2. The Bertz CT molecular complexity index is 588. The molecule has 0 aliphatic carbocycles. The lowest BCUT2D eigenvalue weighted by molar-refractivity contribution is 0.409. The van der Waals surface area contributed by atoms with Crippen LogP contribution in [0.4, 0.5) is 6.01 Å². The Morgan fingerprint density at radius 1 is 1.38 bits per heavy atom. The number of hydrogen-bond donors (Lipinski definition) is 2. The summed E-state index contributed by atoms with van der Waals surface area (Å²) in [5.74, 6) is 1.27. The minimum absolute atomic E-state index is 0.0212. The number of benzene rings is 1. The van der Waals surface area contributed by atoms with E-state index < -0.39 is 0 Å². The lowest BCUT2D eigenvalue weighted by Crippen LogP contribution is -2.17. The first-order valence-corrected chi connectivity index (χ1v) is 7.15. The van der Waals surface area contributed by atoms with E-state index in [0.29, 0.717) is 23.5 Å². The van der Waals surface area contributed by atoms with Crippen molar-refractivity contribution < 1.29 is 9.15 Å². The summed E-state index contributed by atoms with van der Waals surface area (Å²) < 4.78 is 10.8. The van der Waals surface area contributed by atoms with Gasteiger partial charge in [-0.2, -0.15) is 0 Å². The normalized spacial score (nSPS) is 12.2. The summed E-state index contributed by atoms with van der Waals surface area (Å²) in [6.45, 7) is 5.27. The SMILES string of the molecule is CCNC(C)c1nnc(NCc2c(Cl)cccc2OC)o1. The number of hydrogen-bond acceptors (Lipinski definition) is 6. The zero-order valence-electron chi connectivity index (χ0n) is 12.3. The van der Waals surface area contributed by atoms with Gasteiger partial charge >= 0.3 is 6.01 Å². The standard InChI is InChI=1S/C14H19ClN4O2/c1-4-16-9(2)13-18-19-14(21-13)17-8-10-11(15)6-5-7-12(10)20-3/h5-7,9,16H,4,8H2,1-3H3,(H,17,19). The third-order valence-corrected chi connectivity index (χ3v) is 3.39. The first-order valence-electron chi connectivity index (χ1n) is 6.77. The number of nitrogens with zero attached hydrogens (tertiary/aromatic N) is 2. The highest BCUT2D eigenvalue weighted by atomic mass is 35.5. The number of rotatable bonds is 7. The van der Waals surface area contributed by atoms with Crippen LogP contribution in [-0.2, 0) is 6.54 Å². The largest absolute Gasteiger partial charge is 0.496 e. The van der Waals surface area contributed by atoms with E-state index in [-0.39, 0.29) is 6.04 Å². The molecule has 0 aliphatic heterocycles. The first-order chi connectivity index (χ1) is 10.2. The quantitative estimate of drug-likeness (QED) is 0.819. The maximum Gasteiger partial charge on any atom is 0.315 e. The summed E-state index contributed by atoms with van der Waals surface area (Å²) in [5, 5.41) is 14.9. The van der Waals surface area contributed by atoms with Gasteiger partial charge in [-0.3, -0.25) is 0 Å². The van der Waals surface area contributed by atoms with Crippen LogP contribution in [0.2, 0.25) is 5.02 Å². The van der Waals surface area contributed by atoms with Crippen LogP contribution < -0.4 is 15.4 Å². The van der Waals surface area contributed by atoms with Crippen LogP contribution in [0.5, 0.6) is 5.75 Å². The molecule has 0 saturated carbocycles. The minimum atomic E-state index is 0.0212. The zero-order valence-corrected chi connectivity index (χ0v) is 13.1. The second-order valence-electron chi connectivity index (χ2n) is 4.50. The molecule has 21 heavy (non-hydrogen) atoms. The maximum atomic E-state index is 6.17. The number of anilines is 1. The molecule has 114 valence electrons. The monoisotopic (exact) mass is 310 g/mol. The van der Waals surface area contributed by atoms with E-state index in [4.69, 9.17) is 20.8 Å². The second kappa shape index (κ2) is 7.28. The van der Waals surface area contributed by atoms with Crippen molar-refractivity contribution >= 4 is 17.6 Å². The van der Waals surface area contributed by atoms with Gasteiger partial charge < -0.3 is 19.8 Å². The Hall–Kier alpha value is -1.79. The Labute approximate surface area is 128 Å². The van der Waals surface area contributed by atoms with Crippen molar-refractivity contribution in [3.63, 3.8) is 0 Å². The molecule has 0 spiro atoms. The lowest BCUT2D eigenvalue weighted by Gasteiger charge is -2.10. The Balaban J connectivity index is 2.04. The third-order valence-electron chi connectivity index (χ3n) is 3.03. The van der Waals surface area contributed by atoms with Crippen LogP contribution in [0.25, 0.3) is 0 Å². The van der Waals surface area contributed by atoms with Gasteiger partial charge in [0.15, 0.2) is 0 Å². The van der Waals surface area contributed by atoms with E-state index in [1.807, 2.05) is 32.0 Å². The highest BCUT2D eigenvalue weighted by Crippen LogP contribution is 2.27.